The minimum Gasteiger partial charge on any atom is -0.395 e. The number of nitrogens with one attached hydrogen (secondary N) is 1. The van der Waals surface area contributed by atoms with E-state index in [0.29, 0.717) is 25.2 Å². The van der Waals surface area contributed by atoms with Crippen molar-refractivity contribution in [3.63, 3.8) is 0 Å². The molecule has 0 aromatic carbocycles. The Morgan fingerprint density at radius 3 is 2.65 bits per heavy atom. The molecule has 0 bridgehead atoms. The third kappa shape index (κ3) is 4.16. The fraction of sp³-hybridized carbons (Fsp3) is 0.615. The van der Waals surface area contributed by atoms with Crippen LogP contribution >= 0.6 is 0 Å². The molecule has 0 amide bonds. The molecule has 0 atom stereocenters. The van der Waals surface area contributed by atoms with Gasteiger partial charge in [-0.15, -0.1) is 0 Å². The van der Waals surface area contributed by atoms with Crippen LogP contribution in [0.25, 0.3) is 0 Å². The number of pyridine rings is 1. The van der Waals surface area contributed by atoms with Gasteiger partial charge in [0.15, 0.2) is 5.03 Å². The Balaban J connectivity index is 3.12. The smallest absolute Gasteiger partial charge is 0.262 e. The quantitative estimate of drug-likeness (QED) is 0.718. The van der Waals surface area contributed by atoms with Crippen molar-refractivity contribution in [3.8, 4) is 0 Å². The van der Waals surface area contributed by atoms with E-state index < -0.39 is 10.0 Å². The molecule has 0 aliphatic rings. The second-order valence-electron chi connectivity index (χ2n) is 4.41. The number of rotatable bonds is 9. The van der Waals surface area contributed by atoms with Crippen molar-refractivity contribution in [2.75, 3.05) is 31.6 Å². The van der Waals surface area contributed by atoms with Crippen LogP contribution in [0, 0.1) is 0 Å². The lowest BCUT2D eigenvalue weighted by molar-refractivity contribution is 0.253. The maximum Gasteiger partial charge on any atom is 0.262 e. The topological polar surface area (TPSA) is 82.5 Å². The van der Waals surface area contributed by atoms with Crippen LogP contribution in [-0.4, -0.2) is 49.1 Å². The van der Waals surface area contributed by atoms with Crippen molar-refractivity contribution < 1.29 is 13.5 Å². The summed E-state index contributed by atoms with van der Waals surface area (Å²) in [5.41, 5.74) is 0.508. The van der Waals surface area contributed by atoms with Gasteiger partial charge < -0.3 is 10.4 Å². The van der Waals surface area contributed by atoms with E-state index in [1.807, 2.05) is 13.8 Å². The van der Waals surface area contributed by atoms with E-state index in [4.69, 9.17) is 5.11 Å². The summed E-state index contributed by atoms with van der Waals surface area (Å²) in [5.74, 6) is 0. The Bertz CT molecular complexity index is 499. The highest BCUT2D eigenvalue weighted by atomic mass is 32.2. The summed E-state index contributed by atoms with van der Waals surface area (Å²) in [7, 11) is -3.69. The van der Waals surface area contributed by atoms with Gasteiger partial charge in [0, 0.05) is 25.8 Å². The number of aromatic nitrogens is 1. The molecule has 0 radical (unpaired) electrons. The van der Waals surface area contributed by atoms with E-state index in [0.717, 1.165) is 6.42 Å². The monoisotopic (exact) mass is 301 g/mol. The maximum absolute atomic E-state index is 12.6. The second-order valence-corrected chi connectivity index (χ2v) is 6.26. The van der Waals surface area contributed by atoms with Crippen LogP contribution in [0.3, 0.4) is 0 Å². The summed E-state index contributed by atoms with van der Waals surface area (Å²) < 4.78 is 26.5. The minimum atomic E-state index is -3.69. The summed E-state index contributed by atoms with van der Waals surface area (Å²) >= 11 is 0. The van der Waals surface area contributed by atoms with Crippen molar-refractivity contribution in [3.05, 3.63) is 18.3 Å². The van der Waals surface area contributed by atoms with E-state index in [-0.39, 0.29) is 18.2 Å². The maximum atomic E-state index is 12.6. The fourth-order valence-corrected chi connectivity index (χ4v) is 3.43. The fourth-order valence-electron chi connectivity index (χ4n) is 1.83. The minimum absolute atomic E-state index is 0.0235. The van der Waals surface area contributed by atoms with Gasteiger partial charge >= 0.3 is 0 Å². The molecule has 114 valence electrons. The lowest BCUT2D eigenvalue weighted by Gasteiger charge is -2.21. The van der Waals surface area contributed by atoms with Gasteiger partial charge in [0.1, 0.15) is 0 Å². The highest BCUT2D eigenvalue weighted by Gasteiger charge is 2.27. The van der Waals surface area contributed by atoms with Gasteiger partial charge in [0.05, 0.1) is 12.3 Å². The number of aliphatic hydroxyl groups is 1. The first kappa shape index (κ1) is 16.9. The first-order valence-corrected chi connectivity index (χ1v) is 8.31. The molecule has 1 aromatic heterocycles. The predicted molar refractivity (Wildman–Crippen MR) is 79.2 cm³/mol. The van der Waals surface area contributed by atoms with Crippen molar-refractivity contribution in [1.82, 2.24) is 9.29 Å². The highest BCUT2D eigenvalue weighted by molar-refractivity contribution is 7.89. The van der Waals surface area contributed by atoms with E-state index in [9.17, 15) is 8.42 Å². The number of aliphatic hydroxyl groups excluding tert-OH is 1. The SMILES string of the molecule is CCCNc1cccnc1S(=O)(=O)N(CCC)CCO. The van der Waals surface area contributed by atoms with Crippen molar-refractivity contribution in [2.24, 2.45) is 0 Å². The number of hydrogen-bond acceptors (Lipinski definition) is 5. The molecular weight excluding hydrogens is 278 g/mol. The average molecular weight is 301 g/mol. The molecule has 20 heavy (non-hydrogen) atoms. The van der Waals surface area contributed by atoms with Gasteiger partial charge in [-0.05, 0) is 25.0 Å². The molecule has 0 aliphatic carbocycles. The third-order valence-electron chi connectivity index (χ3n) is 2.74. The van der Waals surface area contributed by atoms with Crippen LogP contribution in [0.4, 0.5) is 5.69 Å². The van der Waals surface area contributed by atoms with Crippen LogP contribution in [0.2, 0.25) is 0 Å². The van der Waals surface area contributed by atoms with Crippen LogP contribution in [-0.2, 0) is 10.0 Å². The van der Waals surface area contributed by atoms with Crippen molar-refractivity contribution in [1.29, 1.82) is 0 Å². The zero-order valence-corrected chi connectivity index (χ0v) is 12.9. The second kappa shape index (κ2) is 8.18. The van der Waals surface area contributed by atoms with Gasteiger partial charge in [-0.2, -0.15) is 4.31 Å². The molecule has 1 rings (SSSR count). The first-order valence-electron chi connectivity index (χ1n) is 6.87. The molecule has 0 saturated carbocycles. The molecule has 0 fully saturated rings. The Morgan fingerprint density at radius 2 is 2.05 bits per heavy atom. The van der Waals surface area contributed by atoms with Gasteiger partial charge in [-0.3, -0.25) is 0 Å². The van der Waals surface area contributed by atoms with Crippen LogP contribution in [0.1, 0.15) is 26.7 Å². The summed E-state index contributed by atoms with van der Waals surface area (Å²) in [6, 6.07) is 3.41. The number of sulfonamides is 1. The van der Waals surface area contributed by atoms with Gasteiger partial charge in [0.2, 0.25) is 0 Å². The molecule has 0 unspecified atom stereocenters. The van der Waals surface area contributed by atoms with Gasteiger partial charge in [-0.1, -0.05) is 13.8 Å². The van der Waals surface area contributed by atoms with E-state index in [1.54, 1.807) is 12.1 Å². The van der Waals surface area contributed by atoms with Crippen molar-refractivity contribution in [2.45, 2.75) is 31.7 Å². The summed E-state index contributed by atoms with van der Waals surface area (Å²) in [4.78, 5) is 4.01. The van der Waals surface area contributed by atoms with Crippen LogP contribution < -0.4 is 5.32 Å². The molecular formula is C13H23N3O3S. The van der Waals surface area contributed by atoms with E-state index in [2.05, 4.69) is 10.3 Å². The summed E-state index contributed by atoms with van der Waals surface area (Å²) in [6.45, 7) is 4.83. The van der Waals surface area contributed by atoms with Gasteiger partial charge in [-0.25, -0.2) is 13.4 Å². The number of anilines is 1. The normalized spacial score (nSPS) is 11.8. The average Bonchev–Trinajstić information content (AvgIpc) is 2.45. The Labute approximate surface area is 120 Å². The lowest BCUT2D eigenvalue weighted by Crippen LogP contribution is -2.35. The molecule has 0 spiro atoms. The number of nitrogens with zero attached hydrogens (tertiary/aromatic N) is 2. The third-order valence-corrected chi connectivity index (χ3v) is 4.60. The van der Waals surface area contributed by atoms with E-state index >= 15 is 0 Å². The highest BCUT2D eigenvalue weighted by Crippen LogP contribution is 2.22. The molecule has 0 saturated heterocycles. The zero-order valence-electron chi connectivity index (χ0n) is 12.0. The summed E-state index contributed by atoms with van der Waals surface area (Å²) in [5, 5.41) is 12.1. The predicted octanol–water partition coefficient (Wildman–Crippen LogP) is 1.30. The molecule has 7 heteroatoms. The molecule has 6 nitrogen and oxygen atoms in total. The Hall–Kier alpha value is -1.18. The van der Waals surface area contributed by atoms with Crippen LogP contribution in [0.5, 0.6) is 0 Å². The van der Waals surface area contributed by atoms with Crippen LogP contribution in [0.15, 0.2) is 23.4 Å². The standard InChI is InChI=1S/C13H23N3O3S/c1-3-7-14-12-6-5-8-15-13(12)20(18,19)16(9-4-2)10-11-17/h5-6,8,14,17H,3-4,7,9-11H2,1-2H3. The largest absolute Gasteiger partial charge is 0.395 e. The molecule has 0 aliphatic heterocycles. The Kier molecular flexibility index (Phi) is 6.90. The lowest BCUT2D eigenvalue weighted by atomic mass is 10.4. The van der Waals surface area contributed by atoms with E-state index in [1.165, 1.54) is 10.5 Å². The number of hydrogen-bond donors (Lipinski definition) is 2. The molecule has 1 aromatic rings. The summed E-state index contributed by atoms with van der Waals surface area (Å²) in [6.07, 6.45) is 3.04. The molecule has 1 heterocycles. The Morgan fingerprint density at radius 1 is 1.30 bits per heavy atom. The van der Waals surface area contributed by atoms with Gasteiger partial charge in [0.25, 0.3) is 10.0 Å². The van der Waals surface area contributed by atoms with Crippen molar-refractivity contribution >= 4 is 15.7 Å². The molecule has 2 N–H and O–H groups in total. The first-order chi connectivity index (χ1) is 9.57. The zero-order chi connectivity index (χ0) is 15.0.